The molecule has 0 radical (unpaired) electrons. The number of rotatable bonds is 5. The van der Waals surface area contributed by atoms with Crippen LogP contribution in [-0.2, 0) is 23.1 Å². The number of aromatic nitrogens is 7. The van der Waals surface area contributed by atoms with Crippen LogP contribution in [0.25, 0.3) is 28.7 Å². The van der Waals surface area contributed by atoms with E-state index < -0.39 is 21.6 Å². The van der Waals surface area contributed by atoms with E-state index in [-0.39, 0.29) is 39.4 Å². The van der Waals surface area contributed by atoms with E-state index in [0.717, 1.165) is 18.3 Å². The molecule has 174 valence electrons. The monoisotopic (exact) mass is 488 g/mol. The number of imidazole rings is 1. The third kappa shape index (κ3) is 4.13. The van der Waals surface area contributed by atoms with Gasteiger partial charge in [0.15, 0.2) is 27.2 Å². The summed E-state index contributed by atoms with van der Waals surface area (Å²) in [6, 6.07) is 4.91. The second-order valence-electron chi connectivity index (χ2n) is 7.06. The lowest BCUT2D eigenvalue weighted by molar-refractivity contribution is -0.137. The fourth-order valence-electron chi connectivity index (χ4n) is 3.15. The smallest absolute Gasteiger partial charge is 0.307 e. The van der Waals surface area contributed by atoms with Crippen LogP contribution in [0.1, 0.15) is 18.2 Å². The summed E-state index contributed by atoms with van der Waals surface area (Å²) in [4.78, 5) is 11.9. The van der Waals surface area contributed by atoms with Gasteiger partial charge in [-0.3, -0.25) is 4.98 Å². The maximum Gasteiger partial charge on any atom is 0.416 e. The quantitative estimate of drug-likeness (QED) is 0.419. The summed E-state index contributed by atoms with van der Waals surface area (Å²) in [6.07, 6.45) is 0.560. The normalized spacial score (nSPS) is 12.0. The predicted molar refractivity (Wildman–Crippen MR) is 112 cm³/mol. The SMILES string of the molecule is CCS(=O)(=O)c1cc(-n2cnc(C#N)c2)cnc1-c1nnc(-c2cc(C(F)(F)F)ccn2)n1C. The van der Waals surface area contributed by atoms with Crippen LogP contribution in [0, 0.1) is 11.3 Å². The minimum absolute atomic E-state index is 0.0000875. The molecule has 4 heterocycles. The molecule has 34 heavy (non-hydrogen) atoms. The summed E-state index contributed by atoms with van der Waals surface area (Å²) in [5.41, 5.74) is -0.549. The van der Waals surface area contributed by atoms with Crippen molar-refractivity contribution in [3.05, 3.63) is 54.4 Å². The lowest BCUT2D eigenvalue weighted by Crippen LogP contribution is -2.10. The molecule has 0 saturated carbocycles. The Morgan fingerprint density at radius 3 is 2.50 bits per heavy atom. The Balaban J connectivity index is 1.86. The van der Waals surface area contributed by atoms with E-state index in [1.54, 1.807) is 0 Å². The van der Waals surface area contributed by atoms with Gasteiger partial charge in [-0.1, -0.05) is 6.92 Å². The highest BCUT2D eigenvalue weighted by Gasteiger charge is 2.31. The van der Waals surface area contributed by atoms with Crippen LogP contribution in [0.4, 0.5) is 13.2 Å². The zero-order valence-corrected chi connectivity index (χ0v) is 18.5. The molecule has 0 aliphatic heterocycles. The number of nitriles is 1. The summed E-state index contributed by atoms with van der Waals surface area (Å²) in [7, 11) is -2.34. The number of alkyl halides is 3. The molecule has 0 bridgehead atoms. The van der Waals surface area contributed by atoms with E-state index in [9.17, 15) is 21.6 Å². The van der Waals surface area contributed by atoms with Crippen LogP contribution >= 0.6 is 0 Å². The van der Waals surface area contributed by atoms with Gasteiger partial charge < -0.3 is 9.13 Å². The molecule has 14 heteroatoms. The molecule has 4 aromatic rings. The Morgan fingerprint density at radius 2 is 1.85 bits per heavy atom. The molecule has 0 saturated heterocycles. The highest BCUT2D eigenvalue weighted by Crippen LogP contribution is 2.32. The van der Waals surface area contributed by atoms with E-state index in [1.807, 2.05) is 6.07 Å². The Morgan fingerprint density at radius 1 is 1.12 bits per heavy atom. The third-order valence-electron chi connectivity index (χ3n) is 4.95. The Hall–Kier alpha value is -4.12. The van der Waals surface area contributed by atoms with Crippen molar-refractivity contribution < 1.29 is 21.6 Å². The Labute approximate surface area is 191 Å². The van der Waals surface area contributed by atoms with Gasteiger partial charge in [-0.15, -0.1) is 10.2 Å². The van der Waals surface area contributed by atoms with Crippen molar-refractivity contribution in [1.29, 1.82) is 5.26 Å². The van der Waals surface area contributed by atoms with Gasteiger partial charge in [0.25, 0.3) is 0 Å². The van der Waals surface area contributed by atoms with E-state index in [1.165, 1.54) is 47.9 Å². The van der Waals surface area contributed by atoms with Crippen molar-refractivity contribution in [2.75, 3.05) is 5.75 Å². The minimum atomic E-state index is -4.57. The Kier molecular flexibility index (Phi) is 5.65. The van der Waals surface area contributed by atoms with Crippen LogP contribution in [0.15, 0.2) is 48.0 Å². The van der Waals surface area contributed by atoms with Crippen LogP contribution in [0.2, 0.25) is 0 Å². The zero-order chi connectivity index (χ0) is 24.7. The molecule has 0 fully saturated rings. The summed E-state index contributed by atoms with van der Waals surface area (Å²) in [5.74, 6) is -0.213. The largest absolute Gasteiger partial charge is 0.416 e. The first-order chi connectivity index (χ1) is 16.0. The molecular weight excluding hydrogens is 473 g/mol. The maximum absolute atomic E-state index is 13.1. The highest BCUT2D eigenvalue weighted by molar-refractivity contribution is 7.91. The molecule has 0 aliphatic carbocycles. The molecule has 0 aliphatic rings. The van der Waals surface area contributed by atoms with Crippen LogP contribution in [0.5, 0.6) is 0 Å². The van der Waals surface area contributed by atoms with Crippen LogP contribution in [0.3, 0.4) is 0 Å². The van der Waals surface area contributed by atoms with Gasteiger partial charge in [-0.05, 0) is 18.2 Å². The van der Waals surface area contributed by atoms with E-state index in [0.29, 0.717) is 5.69 Å². The Bertz CT molecular complexity index is 1530. The molecule has 4 aromatic heterocycles. The standard InChI is InChI=1S/C20H15F3N8O2S/c1-3-34(32,33)16-7-14(31-10-13(8-24)27-11-31)9-26-17(16)19-29-28-18(30(19)2)15-6-12(4-5-25-15)20(21,22)23/h4-7,9-11H,3H2,1-2H3. The van der Waals surface area contributed by atoms with E-state index in [4.69, 9.17) is 5.26 Å². The molecule has 0 unspecified atom stereocenters. The van der Waals surface area contributed by atoms with Crippen LogP contribution < -0.4 is 0 Å². The van der Waals surface area contributed by atoms with Crippen molar-refractivity contribution >= 4 is 9.84 Å². The summed E-state index contributed by atoms with van der Waals surface area (Å²) >= 11 is 0. The minimum Gasteiger partial charge on any atom is -0.307 e. The molecule has 0 spiro atoms. The third-order valence-corrected chi connectivity index (χ3v) is 6.69. The second-order valence-corrected chi connectivity index (χ2v) is 9.30. The van der Waals surface area contributed by atoms with E-state index in [2.05, 4.69) is 25.1 Å². The summed E-state index contributed by atoms with van der Waals surface area (Å²) in [5, 5.41) is 16.9. The summed E-state index contributed by atoms with van der Waals surface area (Å²) < 4.78 is 67.8. The van der Waals surface area contributed by atoms with Gasteiger partial charge in [-0.2, -0.15) is 18.4 Å². The first-order valence-electron chi connectivity index (χ1n) is 9.65. The molecule has 0 aromatic carbocycles. The van der Waals surface area contributed by atoms with Gasteiger partial charge in [0.05, 0.1) is 28.1 Å². The maximum atomic E-state index is 13.1. The number of hydrogen-bond acceptors (Lipinski definition) is 8. The summed E-state index contributed by atoms with van der Waals surface area (Å²) in [6.45, 7) is 1.46. The zero-order valence-electron chi connectivity index (χ0n) is 17.7. The lowest BCUT2D eigenvalue weighted by Gasteiger charge is -2.11. The molecule has 0 amide bonds. The van der Waals surface area contributed by atoms with Crippen molar-refractivity contribution in [2.24, 2.45) is 7.05 Å². The second kappa shape index (κ2) is 8.34. The molecule has 0 N–H and O–H groups in total. The topological polar surface area (TPSA) is 132 Å². The lowest BCUT2D eigenvalue weighted by atomic mass is 10.2. The van der Waals surface area contributed by atoms with Gasteiger partial charge in [0.1, 0.15) is 23.8 Å². The van der Waals surface area contributed by atoms with Gasteiger partial charge >= 0.3 is 6.18 Å². The first kappa shape index (κ1) is 23.1. The molecule has 4 rings (SSSR count). The highest BCUT2D eigenvalue weighted by atomic mass is 32.2. The predicted octanol–water partition coefficient (Wildman–Crippen LogP) is 2.81. The van der Waals surface area contributed by atoms with Crippen molar-refractivity contribution in [2.45, 2.75) is 18.0 Å². The molecule has 10 nitrogen and oxygen atoms in total. The van der Waals surface area contributed by atoms with Crippen molar-refractivity contribution in [3.63, 3.8) is 0 Å². The fraction of sp³-hybridized carbons (Fsp3) is 0.200. The molecule has 0 atom stereocenters. The van der Waals surface area contributed by atoms with Gasteiger partial charge in [0, 0.05) is 19.4 Å². The first-order valence-corrected chi connectivity index (χ1v) is 11.3. The number of pyridine rings is 2. The van der Waals surface area contributed by atoms with Gasteiger partial charge in [0.2, 0.25) is 0 Å². The fourth-order valence-corrected chi connectivity index (χ4v) is 4.20. The average molecular weight is 488 g/mol. The van der Waals surface area contributed by atoms with Crippen LogP contribution in [-0.4, -0.2) is 48.5 Å². The van der Waals surface area contributed by atoms with Crippen molar-refractivity contribution in [1.82, 2.24) is 34.3 Å². The van der Waals surface area contributed by atoms with Crippen molar-refractivity contribution in [3.8, 4) is 34.8 Å². The number of hydrogen-bond donors (Lipinski definition) is 0. The number of nitrogens with zero attached hydrogens (tertiary/aromatic N) is 8. The number of sulfone groups is 1. The molecular formula is C20H15F3N8O2S. The number of halogens is 3. The average Bonchev–Trinajstić information content (AvgIpc) is 3.45. The van der Waals surface area contributed by atoms with E-state index >= 15 is 0 Å². The van der Waals surface area contributed by atoms with Gasteiger partial charge in [-0.25, -0.2) is 18.4 Å².